The molecule has 0 unspecified atom stereocenters. The van der Waals surface area contributed by atoms with E-state index in [4.69, 9.17) is 13.9 Å². The van der Waals surface area contributed by atoms with Crippen LogP contribution in [0, 0.1) is 0 Å². The van der Waals surface area contributed by atoms with Crippen LogP contribution in [0.2, 0.25) is 0 Å². The molecule has 1 aromatic heterocycles. The number of fused-ring (bicyclic) bond motifs is 1. The molecule has 1 aliphatic heterocycles. The van der Waals surface area contributed by atoms with Gasteiger partial charge in [0.25, 0.3) is 5.91 Å². The fourth-order valence-electron chi connectivity index (χ4n) is 3.65. The summed E-state index contributed by atoms with van der Waals surface area (Å²) in [6.07, 6.45) is 0. The van der Waals surface area contributed by atoms with Gasteiger partial charge in [0.2, 0.25) is 10.0 Å². The molecule has 2 aromatic carbocycles. The zero-order valence-corrected chi connectivity index (χ0v) is 18.9. The van der Waals surface area contributed by atoms with Crippen molar-refractivity contribution in [1.82, 2.24) is 9.21 Å². The second-order valence-corrected chi connectivity index (χ2v) is 9.27. The van der Waals surface area contributed by atoms with Crippen molar-refractivity contribution in [3.8, 4) is 11.5 Å². The van der Waals surface area contributed by atoms with Gasteiger partial charge in [-0.1, -0.05) is 5.16 Å². The van der Waals surface area contributed by atoms with Crippen molar-refractivity contribution in [2.45, 2.75) is 4.90 Å². The van der Waals surface area contributed by atoms with Gasteiger partial charge < -0.3 is 24.0 Å². The summed E-state index contributed by atoms with van der Waals surface area (Å²) in [5.74, 6) is 0.647. The fraction of sp³-hybridized carbons (Fsp3) is 0.273. The highest BCUT2D eigenvalue weighted by atomic mass is 32.2. The van der Waals surface area contributed by atoms with Crippen LogP contribution in [0.1, 0.15) is 10.6 Å². The summed E-state index contributed by atoms with van der Waals surface area (Å²) in [7, 11) is -0.677. The zero-order chi connectivity index (χ0) is 23.6. The normalized spacial score (nSPS) is 15.6. The van der Waals surface area contributed by atoms with E-state index in [0.717, 1.165) is 0 Å². The summed E-state index contributed by atoms with van der Waals surface area (Å²) < 4.78 is 43.2. The summed E-state index contributed by atoms with van der Waals surface area (Å²) >= 11 is 0. The van der Waals surface area contributed by atoms with E-state index in [0.29, 0.717) is 22.5 Å². The van der Waals surface area contributed by atoms with Crippen molar-refractivity contribution in [3.63, 3.8) is 0 Å². The molecular weight excluding hydrogens is 450 g/mol. The number of carbonyl (C=O) groups is 1. The van der Waals surface area contributed by atoms with E-state index in [1.165, 1.54) is 41.6 Å². The highest BCUT2D eigenvalue weighted by Crippen LogP contribution is 2.23. The highest BCUT2D eigenvalue weighted by Gasteiger charge is 2.31. The first-order chi connectivity index (χ1) is 15.9. The van der Waals surface area contributed by atoms with Gasteiger partial charge >= 0.3 is 0 Å². The maximum atomic E-state index is 13.1. The number of amides is 1. The Morgan fingerprint density at radius 2 is 1.61 bits per heavy atom. The lowest BCUT2D eigenvalue weighted by atomic mass is 10.2. The molecule has 1 N–H and O–H groups in total. The second kappa shape index (κ2) is 9.12. The highest BCUT2D eigenvalue weighted by molar-refractivity contribution is 7.89. The van der Waals surface area contributed by atoms with Crippen LogP contribution in [-0.4, -0.2) is 69.1 Å². The Bertz CT molecular complexity index is 1340. The van der Waals surface area contributed by atoms with Crippen LogP contribution in [-0.2, 0) is 10.0 Å². The average Bonchev–Trinajstić information content (AvgIpc) is 2.87. The van der Waals surface area contributed by atoms with Crippen LogP contribution in [0.4, 0.5) is 0 Å². The van der Waals surface area contributed by atoms with Crippen molar-refractivity contribution in [2.75, 3.05) is 40.4 Å². The van der Waals surface area contributed by atoms with Crippen LogP contribution >= 0.6 is 0 Å². The van der Waals surface area contributed by atoms with Crippen molar-refractivity contribution < 1.29 is 32.3 Å². The third-order valence-corrected chi connectivity index (χ3v) is 7.41. The minimum atomic E-state index is -3.69. The topological polar surface area (TPSA) is 122 Å². The maximum absolute atomic E-state index is 13.1. The van der Waals surface area contributed by atoms with E-state index in [1.807, 2.05) is 0 Å². The van der Waals surface area contributed by atoms with E-state index in [9.17, 15) is 18.4 Å². The molecule has 1 fully saturated rings. The first-order valence-electron chi connectivity index (χ1n) is 10.1. The Balaban J connectivity index is 1.53. The maximum Gasteiger partial charge on any atom is 0.289 e. The molecule has 0 saturated carbocycles. The predicted octanol–water partition coefficient (Wildman–Crippen LogP) is 1.89. The number of methoxy groups -OCH3 is 2. The molecule has 174 valence electrons. The van der Waals surface area contributed by atoms with Gasteiger partial charge in [-0.05, 0) is 36.4 Å². The summed E-state index contributed by atoms with van der Waals surface area (Å²) in [6.45, 7) is 0.647. The number of hydrogen-bond donors (Lipinski definition) is 1. The Morgan fingerprint density at radius 1 is 0.970 bits per heavy atom. The molecule has 0 spiro atoms. The largest absolute Gasteiger partial charge is 0.497 e. The lowest BCUT2D eigenvalue weighted by Gasteiger charge is -2.33. The molecule has 0 radical (unpaired) electrons. The molecule has 0 bridgehead atoms. The molecule has 2 heterocycles. The molecule has 1 saturated heterocycles. The van der Waals surface area contributed by atoms with Crippen molar-refractivity contribution in [3.05, 3.63) is 59.6 Å². The smallest absolute Gasteiger partial charge is 0.289 e. The first kappa shape index (κ1) is 22.6. The molecular formula is C22H23N3O7S. The minimum absolute atomic E-state index is 0.0185. The number of piperazine rings is 1. The van der Waals surface area contributed by atoms with E-state index >= 15 is 0 Å². The van der Waals surface area contributed by atoms with Crippen LogP contribution in [0.3, 0.4) is 0 Å². The van der Waals surface area contributed by atoms with Gasteiger partial charge in [0, 0.05) is 43.7 Å². The molecule has 0 atom stereocenters. The Labute approximate surface area is 190 Å². The fourth-order valence-corrected chi connectivity index (χ4v) is 5.07. The predicted molar refractivity (Wildman–Crippen MR) is 118 cm³/mol. The minimum Gasteiger partial charge on any atom is -0.497 e. The summed E-state index contributed by atoms with van der Waals surface area (Å²) in [5, 5.41) is 13.4. The molecule has 1 aliphatic rings. The van der Waals surface area contributed by atoms with Crippen LogP contribution in [0.25, 0.3) is 11.0 Å². The third kappa shape index (κ3) is 4.37. The van der Waals surface area contributed by atoms with Gasteiger partial charge in [-0.3, -0.25) is 4.79 Å². The van der Waals surface area contributed by atoms with E-state index < -0.39 is 15.9 Å². The van der Waals surface area contributed by atoms with E-state index in [-0.39, 0.29) is 42.2 Å². The standard InChI is InChI=1S/C22H23N3O7S/c1-30-15-3-6-17(7-4-15)33(28,29)25-11-9-24(10-12-25)22(26)21-14-19(23-27)18-8-5-16(31-2)13-20(18)32-21/h3-8,13-14,27H,9-12H2,1-2H3/b23-19-. The van der Waals surface area contributed by atoms with Gasteiger partial charge in [0.05, 0.1) is 19.1 Å². The van der Waals surface area contributed by atoms with Gasteiger partial charge in [-0.15, -0.1) is 0 Å². The van der Waals surface area contributed by atoms with Crippen molar-refractivity contribution >= 4 is 26.9 Å². The summed E-state index contributed by atoms with van der Waals surface area (Å²) in [6, 6.07) is 12.5. The number of nitrogens with zero attached hydrogens (tertiary/aromatic N) is 3. The third-order valence-electron chi connectivity index (χ3n) is 5.49. The number of ether oxygens (including phenoxy) is 2. The van der Waals surface area contributed by atoms with Gasteiger partial charge in [-0.2, -0.15) is 4.31 Å². The van der Waals surface area contributed by atoms with Crippen LogP contribution < -0.4 is 14.8 Å². The molecule has 11 heteroatoms. The summed E-state index contributed by atoms with van der Waals surface area (Å²) in [4.78, 5) is 14.7. The first-order valence-corrected chi connectivity index (χ1v) is 11.5. The van der Waals surface area contributed by atoms with Gasteiger partial charge in [-0.25, -0.2) is 8.42 Å². The molecule has 1 amide bonds. The lowest BCUT2D eigenvalue weighted by molar-refractivity contribution is 0.0666. The number of sulfonamides is 1. The Hall–Kier alpha value is -3.57. The Kier molecular flexibility index (Phi) is 6.25. The molecule has 3 aromatic rings. The van der Waals surface area contributed by atoms with Crippen LogP contribution in [0.5, 0.6) is 11.5 Å². The second-order valence-electron chi connectivity index (χ2n) is 7.33. The van der Waals surface area contributed by atoms with E-state index in [1.54, 1.807) is 30.3 Å². The molecule has 33 heavy (non-hydrogen) atoms. The zero-order valence-electron chi connectivity index (χ0n) is 18.1. The lowest BCUT2D eigenvalue weighted by Crippen LogP contribution is -2.50. The Morgan fingerprint density at radius 3 is 2.21 bits per heavy atom. The van der Waals surface area contributed by atoms with E-state index in [2.05, 4.69) is 5.16 Å². The number of benzene rings is 2. The quantitative estimate of drug-likeness (QED) is 0.444. The molecule has 10 nitrogen and oxygen atoms in total. The molecule has 4 rings (SSSR count). The van der Waals surface area contributed by atoms with Crippen molar-refractivity contribution in [2.24, 2.45) is 5.16 Å². The monoisotopic (exact) mass is 473 g/mol. The summed E-state index contributed by atoms with van der Waals surface area (Å²) in [5.41, 5.74) is 0.328. The van der Waals surface area contributed by atoms with Crippen LogP contribution in [0.15, 0.2) is 63.0 Å². The number of rotatable bonds is 5. The number of hydrogen-bond acceptors (Lipinski definition) is 8. The SMILES string of the molecule is COc1ccc(S(=O)(=O)N2CCN(C(=O)c3c/c(=N/O)c4ccc(OC)cc4o3)CC2)cc1. The van der Waals surface area contributed by atoms with Gasteiger partial charge in [0.15, 0.2) is 5.76 Å². The average molecular weight is 474 g/mol. The molecule has 0 aliphatic carbocycles. The number of carbonyl (C=O) groups excluding carboxylic acids is 1. The van der Waals surface area contributed by atoms with Gasteiger partial charge in [0.1, 0.15) is 22.4 Å². The van der Waals surface area contributed by atoms with Crippen molar-refractivity contribution in [1.29, 1.82) is 0 Å².